The SMILES string of the molecule is O=C(Cc1ccsc1)NC1(CO)CC1. The van der Waals surface area contributed by atoms with Crippen LogP contribution in [0.5, 0.6) is 0 Å². The lowest BCUT2D eigenvalue weighted by Crippen LogP contribution is -2.40. The zero-order chi connectivity index (χ0) is 10.0. The van der Waals surface area contributed by atoms with E-state index in [-0.39, 0.29) is 18.1 Å². The highest BCUT2D eigenvalue weighted by molar-refractivity contribution is 7.07. The summed E-state index contributed by atoms with van der Waals surface area (Å²) in [4.78, 5) is 11.5. The van der Waals surface area contributed by atoms with Crippen molar-refractivity contribution in [3.8, 4) is 0 Å². The topological polar surface area (TPSA) is 49.3 Å². The molecule has 1 amide bonds. The predicted molar refractivity (Wildman–Crippen MR) is 55.2 cm³/mol. The largest absolute Gasteiger partial charge is 0.394 e. The molecule has 2 N–H and O–H groups in total. The second kappa shape index (κ2) is 3.71. The van der Waals surface area contributed by atoms with Crippen molar-refractivity contribution in [1.82, 2.24) is 5.32 Å². The molecule has 1 saturated carbocycles. The van der Waals surface area contributed by atoms with Gasteiger partial charge >= 0.3 is 0 Å². The zero-order valence-corrected chi connectivity index (χ0v) is 8.64. The summed E-state index contributed by atoms with van der Waals surface area (Å²) in [6.45, 7) is 0.0579. The van der Waals surface area contributed by atoms with Crippen molar-refractivity contribution in [1.29, 1.82) is 0 Å². The van der Waals surface area contributed by atoms with Crippen LogP contribution in [-0.4, -0.2) is 23.2 Å². The minimum atomic E-state index is -0.285. The van der Waals surface area contributed by atoms with Gasteiger partial charge in [0, 0.05) is 0 Å². The van der Waals surface area contributed by atoms with Crippen LogP contribution < -0.4 is 5.32 Å². The van der Waals surface area contributed by atoms with Gasteiger partial charge in [-0.1, -0.05) is 0 Å². The van der Waals surface area contributed by atoms with Gasteiger partial charge in [-0.2, -0.15) is 11.3 Å². The van der Waals surface area contributed by atoms with Gasteiger partial charge in [-0.25, -0.2) is 0 Å². The van der Waals surface area contributed by atoms with Gasteiger partial charge in [0.1, 0.15) is 0 Å². The maximum absolute atomic E-state index is 11.5. The number of carbonyl (C=O) groups excluding carboxylic acids is 1. The van der Waals surface area contributed by atoms with Crippen LogP contribution in [0, 0.1) is 0 Å². The minimum absolute atomic E-state index is 0.00921. The number of rotatable bonds is 4. The monoisotopic (exact) mass is 211 g/mol. The molecule has 1 aromatic heterocycles. The second-order valence-corrected chi connectivity index (χ2v) is 4.58. The van der Waals surface area contributed by atoms with Crippen LogP contribution in [0.25, 0.3) is 0 Å². The summed E-state index contributed by atoms with van der Waals surface area (Å²) in [5, 5.41) is 15.8. The van der Waals surface area contributed by atoms with Crippen molar-refractivity contribution in [2.75, 3.05) is 6.61 Å². The fourth-order valence-electron chi connectivity index (χ4n) is 1.39. The van der Waals surface area contributed by atoms with Gasteiger partial charge in [0.05, 0.1) is 18.6 Å². The molecule has 1 aromatic rings. The lowest BCUT2D eigenvalue weighted by Gasteiger charge is -2.13. The fourth-order valence-corrected chi connectivity index (χ4v) is 2.06. The van der Waals surface area contributed by atoms with Crippen molar-refractivity contribution in [3.63, 3.8) is 0 Å². The zero-order valence-electron chi connectivity index (χ0n) is 7.82. The molecule has 0 atom stereocenters. The van der Waals surface area contributed by atoms with Crippen molar-refractivity contribution >= 4 is 17.2 Å². The molecule has 76 valence electrons. The quantitative estimate of drug-likeness (QED) is 0.778. The Morgan fingerprint density at radius 1 is 1.64 bits per heavy atom. The third-order valence-electron chi connectivity index (χ3n) is 2.51. The van der Waals surface area contributed by atoms with Gasteiger partial charge in [0.15, 0.2) is 0 Å². The second-order valence-electron chi connectivity index (χ2n) is 3.79. The molecular weight excluding hydrogens is 198 g/mol. The van der Waals surface area contributed by atoms with Gasteiger partial charge in [0.25, 0.3) is 0 Å². The number of carbonyl (C=O) groups is 1. The van der Waals surface area contributed by atoms with Crippen LogP contribution in [0.2, 0.25) is 0 Å². The fraction of sp³-hybridized carbons (Fsp3) is 0.500. The summed E-state index contributed by atoms with van der Waals surface area (Å²) in [7, 11) is 0. The first-order valence-electron chi connectivity index (χ1n) is 4.67. The number of aliphatic hydroxyl groups is 1. The minimum Gasteiger partial charge on any atom is -0.394 e. The number of hydrogen-bond donors (Lipinski definition) is 2. The molecule has 0 aromatic carbocycles. The molecule has 1 aliphatic rings. The molecule has 3 nitrogen and oxygen atoms in total. The average molecular weight is 211 g/mol. The molecule has 0 aliphatic heterocycles. The Kier molecular flexibility index (Phi) is 2.56. The van der Waals surface area contributed by atoms with E-state index in [0.29, 0.717) is 6.42 Å². The lowest BCUT2D eigenvalue weighted by atomic mass is 10.2. The first-order valence-corrected chi connectivity index (χ1v) is 5.61. The smallest absolute Gasteiger partial charge is 0.224 e. The van der Waals surface area contributed by atoms with E-state index in [2.05, 4.69) is 5.32 Å². The molecule has 2 rings (SSSR count). The predicted octanol–water partition coefficient (Wildman–Crippen LogP) is 0.932. The summed E-state index contributed by atoms with van der Waals surface area (Å²) in [5.41, 5.74) is 0.758. The van der Waals surface area contributed by atoms with E-state index < -0.39 is 0 Å². The number of amides is 1. The third kappa shape index (κ3) is 2.13. The Morgan fingerprint density at radius 3 is 2.93 bits per heavy atom. The molecule has 0 saturated heterocycles. The molecule has 1 fully saturated rings. The Hall–Kier alpha value is -0.870. The summed E-state index contributed by atoms with van der Waals surface area (Å²) in [6, 6.07) is 1.95. The highest BCUT2D eigenvalue weighted by Gasteiger charge is 2.43. The summed E-state index contributed by atoms with van der Waals surface area (Å²) in [5.74, 6) is 0.00921. The normalized spacial score (nSPS) is 17.8. The molecule has 0 bridgehead atoms. The van der Waals surface area contributed by atoms with Crippen LogP contribution in [-0.2, 0) is 11.2 Å². The Balaban J connectivity index is 1.85. The molecule has 0 radical (unpaired) electrons. The highest BCUT2D eigenvalue weighted by Crippen LogP contribution is 2.34. The number of thiophene rings is 1. The van der Waals surface area contributed by atoms with E-state index in [9.17, 15) is 4.79 Å². The number of nitrogens with one attached hydrogen (secondary N) is 1. The first kappa shape index (κ1) is 9.68. The molecule has 1 heterocycles. The summed E-state index contributed by atoms with van der Waals surface area (Å²) >= 11 is 1.59. The number of hydrogen-bond acceptors (Lipinski definition) is 3. The van der Waals surface area contributed by atoms with E-state index in [0.717, 1.165) is 18.4 Å². The maximum Gasteiger partial charge on any atom is 0.224 e. The van der Waals surface area contributed by atoms with Crippen LogP contribution >= 0.6 is 11.3 Å². The highest BCUT2D eigenvalue weighted by atomic mass is 32.1. The molecular formula is C10H13NO2S. The Morgan fingerprint density at radius 2 is 2.43 bits per heavy atom. The Bertz CT molecular complexity index is 317. The van der Waals surface area contributed by atoms with E-state index >= 15 is 0 Å². The van der Waals surface area contributed by atoms with Crippen LogP contribution in [0.1, 0.15) is 18.4 Å². The van der Waals surface area contributed by atoms with E-state index in [1.807, 2.05) is 16.8 Å². The number of aliphatic hydroxyl groups excluding tert-OH is 1. The van der Waals surface area contributed by atoms with Gasteiger partial charge in [-0.15, -0.1) is 0 Å². The maximum atomic E-state index is 11.5. The standard InChI is InChI=1S/C10H13NO2S/c12-7-10(2-3-10)11-9(13)5-8-1-4-14-6-8/h1,4,6,12H,2-3,5,7H2,(H,11,13). The van der Waals surface area contributed by atoms with Gasteiger partial charge in [-0.3, -0.25) is 4.79 Å². The van der Waals surface area contributed by atoms with Crippen molar-refractivity contribution < 1.29 is 9.90 Å². The lowest BCUT2D eigenvalue weighted by molar-refractivity contribution is -0.121. The first-order chi connectivity index (χ1) is 6.74. The van der Waals surface area contributed by atoms with Gasteiger partial charge in [0.2, 0.25) is 5.91 Å². The van der Waals surface area contributed by atoms with E-state index in [4.69, 9.17) is 5.11 Å². The molecule has 4 heteroatoms. The molecule has 0 spiro atoms. The summed E-state index contributed by atoms with van der Waals surface area (Å²) in [6.07, 6.45) is 2.23. The van der Waals surface area contributed by atoms with Crippen LogP contribution in [0.3, 0.4) is 0 Å². The van der Waals surface area contributed by atoms with Crippen molar-refractivity contribution in [2.24, 2.45) is 0 Å². The van der Waals surface area contributed by atoms with Gasteiger partial charge < -0.3 is 10.4 Å². The summed E-state index contributed by atoms with van der Waals surface area (Å²) < 4.78 is 0. The van der Waals surface area contributed by atoms with Crippen LogP contribution in [0.4, 0.5) is 0 Å². The Labute approximate surface area is 86.8 Å². The molecule has 0 unspecified atom stereocenters. The van der Waals surface area contributed by atoms with Crippen molar-refractivity contribution in [3.05, 3.63) is 22.4 Å². The van der Waals surface area contributed by atoms with Crippen molar-refractivity contribution in [2.45, 2.75) is 24.8 Å². The molecule has 1 aliphatic carbocycles. The van der Waals surface area contributed by atoms with E-state index in [1.165, 1.54) is 0 Å². The third-order valence-corrected chi connectivity index (χ3v) is 3.24. The van der Waals surface area contributed by atoms with E-state index in [1.54, 1.807) is 11.3 Å². The van der Waals surface area contributed by atoms with Crippen LogP contribution in [0.15, 0.2) is 16.8 Å². The average Bonchev–Trinajstić information content (AvgIpc) is 2.74. The molecule has 14 heavy (non-hydrogen) atoms. The van der Waals surface area contributed by atoms with Gasteiger partial charge in [-0.05, 0) is 35.2 Å².